The van der Waals surface area contributed by atoms with E-state index < -0.39 is 10.0 Å². The summed E-state index contributed by atoms with van der Waals surface area (Å²) in [5.74, 6) is 1.01. The van der Waals surface area contributed by atoms with Gasteiger partial charge in [-0.2, -0.15) is 4.31 Å². The van der Waals surface area contributed by atoms with Crippen LogP contribution < -0.4 is 0 Å². The van der Waals surface area contributed by atoms with Gasteiger partial charge in [-0.1, -0.05) is 6.07 Å². The Bertz CT molecular complexity index is 947. The summed E-state index contributed by atoms with van der Waals surface area (Å²) in [6.45, 7) is 0.999. The van der Waals surface area contributed by atoms with Gasteiger partial charge in [-0.05, 0) is 30.0 Å². The second-order valence-electron chi connectivity index (χ2n) is 5.66. The molecule has 1 aliphatic heterocycles. The Balaban J connectivity index is 1.64. The van der Waals surface area contributed by atoms with Crippen LogP contribution in [-0.4, -0.2) is 40.3 Å². The zero-order valence-corrected chi connectivity index (χ0v) is 14.2. The van der Waals surface area contributed by atoms with Crippen LogP contribution >= 0.6 is 11.3 Å². The van der Waals surface area contributed by atoms with Crippen LogP contribution in [0.2, 0.25) is 0 Å². The van der Waals surface area contributed by atoms with Crippen molar-refractivity contribution in [2.45, 2.75) is 16.5 Å². The summed E-state index contributed by atoms with van der Waals surface area (Å²) < 4.78 is 29.2. The van der Waals surface area contributed by atoms with E-state index in [4.69, 9.17) is 0 Å². The highest BCUT2D eigenvalue weighted by Crippen LogP contribution is 2.32. The van der Waals surface area contributed by atoms with Gasteiger partial charge in [0, 0.05) is 32.3 Å². The van der Waals surface area contributed by atoms with Gasteiger partial charge in [-0.25, -0.2) is 18.4 Å². The summed E-state index contributed by atoms with van der Waals surface area (Å²) in [5, 5.41) is 1.79. The largest absolute Gasteiger partial charge is 0.316 e. The number of hydrogen-bond acceptors (Lipinski definition) is 5. The molecule has 3 aromatic heterocycles. The molecule has 6 nitrogen and oxygen atoms in total. The normalized spacial score (nSPS) is 19.6. The van der Waals surface area contributed by atoms with Crippen molar-refractivity contribution in [2.24, 2.45) is 7.05 Å². The third kappa shape index (κ3) is 2.37. The molecular weight excluding hydrogens is 332 g/mol. The van der Waals surface area contributed by atoms with E-state index >= 15 is 0 Å². The zero-order chi connectivity index (χ0) is 16.0. The minimum absolute atomic E-state index is 0.101. The summed E-state index contributed by atoms with van der Waals surface area (Å²) >= 11 is 1.26. The molecule has 4 rings (SSSR count). The third-order valence-corrected chi connectivity index (χ3v) is 7.51. The van der Waals surface area contributed by atoms with E-state index in [0.29, 0.717) is 17.3 Å². The molecule has 0 bridgehead atoms. The maximum absolute atomic E-state index is 12.6. The van der Waals surface area contributed by atoms with E-state index in [9.17, 15) is 8.42 Å². The Labute approximate surface area is 138 Å². The van der Waals surface area contributed by atoms with Crippen LogP contribution in [0, 0.1) is 0 Å². The minimum Gasteiger partial charge on any atom is -0.316 e. The van der Waals surface area contributed by atoms with Gasteiger partial charge >= 0.3 is 0 Å². The highest BCUT2D eigenvalue weighted by Gasteiger charge is 2.35. The van der Waals surface area contributed by atoms with Crippen molar-refractivity contribution < 1.29 is 8.42 Å². The number of nitrogens with zero attached hydrogens (tertiary/aromatic N) is 4. The monoisotopic (exact) mass is 348 g/mol. The van der Waals surface area contributed by atoms with Crippen LogP contribution in [0.1, 0.15) is 18.2 Å². The molecule has 0 radical (unpaired) electrons. The van der Waals surface area contributed by atoms with Crippen LogP contribution in [-0.2, 0) is 17.1 Å². The molecule has 0 aliphatic carbocycles. The molecule has 1 aliphatic rings. The van der Waals surface area contributed by atoms with Crippen LogP contribution in [0.25, 0.3) is 11.2 Å². The van der Waals surface area contributed by atoms with Crippen molar-refractivity contribution in [1.82, 2.24) is 18.8 Å². The van der Waals surface area contributed by atoms with Crippen LogP contribution in [0.3, 0.4) is 0 Å². The lowest BCUT2D eigenvalue weighted by Crippen LogP contribution is -2.28. The topological polar surface area (TPSA) is 68.1 Å². The second-order valence-corrected chi connectivity index (χ2v) is 8.77. The highest BCUT2D eigenvalue weighted by molar-refractivity contribution is 7.91. The van der Waals surface area contributed by atoms with Crippen LogP contribution in [0.15, 0.2) is 40.1 Å². The third-order valence-electron chi connectivity index (χ3n) is 4.27. The fourth-order valence-corrected chi connectivity index (χ4v) is 5.75. The number of pyridine rings is 1. The lowest BCUT2D eigenvalue weighted by Gasteiger charge is -2.15. The van der Waals surface area contributed by atoms with Gasteiger partial charge < -0.3 is 4.57 Å². The van der Waals surface area contributed by atoms with Crippen molar-refractivity contribution >= 4 is 32.5 Å². The SMILES string of the molecule is Cn1c([C@H]2CCN(S(=O)(=O)c3cccs3)C2)nc2cccnc21. The Morgan fingerprint density at radius 2 is 2.17 bits per heavy atom. The summed E-state index contributed by atoms with van der Waals surface area (Å²) in [7, 11) is -1.44. The Hall–Kier alpha value is -1.77. The van der Waals surface area contributed by atoms with E-state index in [0.717, 1.165) is 23.4 Å². The first-order valence-electron chi connectivity index (χ1n) is 7.38. The van der Waals surface area contributed by atoms with Crippen LogP contribution in [0.5, 0.6) is 0 Å². The maximum atomic E-state index is 12.6. The average molecular weight is 348 g/mol. The van der Waals surface area contributed by atoms with E-state index in [1.807, 2.05) is 23.7 Å². The molecular formula is C15H16N4O2S2. The molecule has 0 amide bonds. The Morgan fingerprint density at radius 1 is 1.30 bits per heavy atom. The molecule has 1 atom stereocenters. The predicted octanol–water partition coefficient (Wildman–Crippen LogP) is 2.21. The number of sulfonamides is 1. The summed E-state index contributed by atoms with van der Waals surface area (Å²) in [6, 6.07) is 7.22. The van der Waals surface area contributed by atoms with E-state index in [1.54, 1.807) is 28.0 Å². The van der Waals surface area contributed by atoms with Gasteiger partial charge in [0.25, 0.3) is 10.0 Å². The fourth-order valence-electron chi connectivity index (χ4n) is 3.10. The zero-order valence-electron chi connectivity index (χ0n) is 12.6. The van der Waals surface area contributed by atoms with Gasteiger partial charge in [0.1, 0.15) is 15.6 Å². The van der Waals surface area contributed by atoms with E-state index in [1.165, 1.54) is 11.3 Å². The smallest absolute Gasteiger partial charge is 0.252 e. The molecule has 1 saturated heterocycles. The van der Waals surface area contributed by atoms with Crippen molar-refractivity contribution in [2.75, 3.05) is 13.1 Å². The number of aromatic nitrogens is 3. The van der Waals surface area contributed by atoms with Crippen LogP contribution in [0.4, 0.5) is 0 Å². The first-order chi connectivity index (χ1) is 11.1. The van der Waals surface area contributed by atoms with Crippen molar-refractivity contribution in [3.05, 3.63) is 41.7 Å². The number of thiophene rings is 1. The first kappa shape index (κ1) is 14.8. The molecule has 0 unspecified atom stereocenters. The quantitative estimate of drug-likeness (QED) is 0.728. The molecule has 1 fully saturated rings. The molecule has 120 valence electrons. The molecule has 3 aromatic rings. The van der Waals surface area contributed by atoms with Crippen molar-refractivity contribution in [3.8, 4) is 0 Å². The first-order valence-corrected chi connectivity index (χ1v) is 9.70. The van der Waals surface area contributed by atoms with Gasteiger partial charge in [0.05, 0.1) is 0 Å². The number of imidazole rings is 1. The van der Waals surface area contributed by atoms with Gasteiger partial charge in [-0.3, -0.25) is 0 Å². The fraction of sp³-hybridized carbons (Fsp3) is 0.333. The summed E-state index contributed by atoms with van der Waals surface area (Å²) in [6.07, 6.45) is 2.53. The van der Waals surface area contributed by atoms with E-state index in [-0.39, 0.29) is 5.92 Å². The van der Waals surface area contributed by atoms with Gasteiger partial charge in [0.2, 0.25) is 0 Å². The number of fused-ring (bicyclic) bond motifs is 1. The lowest BCUT2D eigenvalue weighted by molar-refractivity contribution is 0.472. The molecule has 0 spiro atoms. The highest BCUT2D eigenvalue weighted by atomic mass is 32.2. The maximum Gasteiger partial charge on any atom is 0.252 e. The number of rotatable bonds is 3. The summed E-state index contributed by atoms with van der Waals surface area (Å²) in [4.78, 5) is 9.01. The predicted molar refractivity (Wildman–Crippen MR) is 88.9 cm³/mol. The van der Waals surface area contributed by atoms with E-state index in [2.05, 4.69) is 9.97 Å². The number of aryl methyl sites for hydroxylation is 1. The minimum atomic E-state index is -3.38. The molecule has 0 N–H and O–H groups in total. The van der Waals surface area contributed by atoms with Crippen molar-refractivity contribution in [3.63, 3.8) is 0 Å². The molecule has 0 saturated carbocycles. The van der Waals surface area contributed by atoms with Gasteiger partial charge in [0.15, 0.2) is 5.65 Å². The average Bonchev–Trinajstić information content (AvgIpc) is 3.28. The van der Waals surface area contributed by atoms with Gasteiger partial charge in [-0.15, -0.1) is 11.3 Å². The Kier molecular flexibility index (Phi) is 3.47. The molecule has 23 heavy (non-hydrogen) atoms. The standard InChI is InChI=1S/C15H16N4O2S2/c1-18-14(17-12-4-2-7-16-15(12)18)11-6-8-19(10-11)23(20,21)13-5-3-9-22-13/h2-5,7,9,11H,6,8,10H2,1H3/t11-/m0/s1. The molecule has 8 heteroatoms. The summed E-state index contributed by atoms with van der Waals surface area (Å²) in [5.41, 5.74) is 1.69. The lowest BCUT2D eigenvalue weighted by atomic mass is 10.1. The Morgan fingerprint density at radius 3 is 2.91 bits per heavy atom. The van der Waals surface area contributed by atoms with Crippen molar-refractivity contribution in [1.29, 1.82) is 0 Å². The number of hydrogen-bond donors (Lipinski definition) is 0. The molecule has 0 aromatic carbocycles. The second kappa shape index (κ2) is 5.40. The molecule has 4 heterocycles.